The van der Waals surface area contributed by atoms with Crippen molar-refractivity contribution in [1.82, 2.24) is 0 Å². The fourth-order valence-corrected chi connectivity index (χ4v) is 2.87. The van der Waals surface area contributed by atoms with Crippen molar-refractivity contribution in [2.24, 2.45) is 0 Å². The van der Waals surface area contributed by atoms with E-state index in [9.17, 15) is 18.0 Å². The summed E-state index contributed by atoms with van der Waals surface area (Å²) in [4.78, 5) is 21.4. The van der Waals surface area contributed by atoms with Crippen LogP contribution in [0.2, 0.25) is 0 Å². The molecule has 0 aliphatic carbocycles. The van der Waals surface area contributed by atoms with E-state index in [-0.39, 0.29) is 12.8 Å². The van der Waals surface area contributed by atoms with E-state index in [1.165, 1.54) is 13.8 Å². The summed E-state index contributed by atoms with van der Waals surface area (Å²) in [5, 5.41) is -1.88. The van der Waals surface area contributed by atoms with Crippen molar-refractivity contribution in [1.29, 1.82) is 0 Å². The van der Waals surface area contributed by atoms with Crippen LogP contribution in [0, 0.1) is 0 Å². The molecule has 0 aromatic rings. The number of carbonyl (C=O) groups excluding carboxylic acids is 2. The molecule has 82 valence electrons. The van der Waals surface area contributed by atoms with Crippen molar-refractivity contribution in [2.75, 3.05) is 0 Å². The Labute approximate surface area is 80.2 Å². The van der Waals surface area contributed by atoms with Crippen LogP contribution in [-0.2, 0) is 18.8 Å². The maximum atomic E-state index is 13.4. The van der Waals surface area contributed by atoms with E-state index in [4.69, 9.17) is 0 Å². The zero-order chi connectivity index (χ0) is 11.0. The Bertz CT molecular complexity index is 275. The molecule has 0 aromatic carbocycles. The fraction of sp³-hybridized carbons (Fsp3) is 0.714. The zero-order valence-electron chi connectivity index (χ0n) is 7.80. The van der Waals surface area contributed by atoms with Crippen LogP contribution in [0.25, 0.3) is 0 Å². The molecule has 0 aromatic heterocycles. The first-order valence-electron chi connectivity index (χ1n) is 4.22. The molecule has 1 saturated heterocycles. The van der Waals surface area contributed by atoms with E-state index in [1.807, 2.05) is 0 Å². The molecule has 1 rings (SSSR count). The van der Waals surface area contributed by atoms with Crippen LogP contribution in [0.4, 0.5) is 8.39 Å². The predicted octanol–water partition coefficient (Wildman–Crippen LogP) is 2.04. The fourth-order valence-electron chi connectivity index (χ4n) is 1.34. The third-order valence-corrected chi connectivity index (χ3v) is 4.66. The molecule has 0 amide bonds. The van der Waals surface area contributed by atoms with Crippen LogP contribution < -0.4 is 0 Å². The van der Waals surface area contributed by atoms with Gasteiger partial charge in [0.05, 0.1) is 0 Å². The second-order valence-electron chi connectivity index (χ2n) is 3.00. The zero-order valence-corrected chi connectivity index (χ0v) is 8.80. The summed E-state index contributed by atoms with van der Waals surface area (Å²) < 4.78 is 35.1. The number of carbonyl (C=O) groups is 2. The van der Waals surface area contributed by atoms with Gasteiger partial charge in [-0.05, 0) is 0 Å². The van der Waals surface area contributed by atoms with Crippen LogP contribution in [0.3, 0.4) is 0 Å². The van der Waals surface area contributed by atoms with Gasteiger partial charge in [0, 0.05) is 0 Å². The minimum atomic E-state index is -5.27. The summed E-state index contributed by atoms with van der Waals surface area (Å²) >= 11 is 0. The normalized spacial score (nSPS) is 26.3. The first-order chi connectivity index (χ1) is 6.38. The number of hydrogen-bond acceptors (Lipinski definition) is 4. The molecule has 0 saturated carbocycles. The second-order valence-corrected chi connectivity index (χ2v) is 5.15. The first kappa shape index (κ1) is 11.3. The molecule has 4 nitrogen and oxygen atoms in total. The van der Waals surface area contributed by atoms with E-state index in [0.717, 1.165) is 0 Å². The van der Waals surface area contributed by atoms with Gasteiger partial charge in [-0.15, -0.1) is 0 Å². The molecule has 0 spiro atoms. The Balaban J connectivity index is 3.05. The Hall–Kier alpha value is -0.770. The van der Waals surface area contributed by atoms with E-state index in [2.05, 4.69) is 9.26 Å². The summed E-state index contributed by atoms with van der Waals surface area (Å²) in [6, 6.07) is 0. The molecule has 0 unspecified atom stereocenters. The molecule has 1 fully saturated rings. The SMILES string of the molecule is CCC1(CC)OC(=O)C(=O)O[PH]1(F)F. The van der Waals surface area contributed by atoms with Crippen molar-refractivity contribution in [3.05, 3.63) is 0 Å². The van der Waals surface area contributed by atoms with Crippen molar-refractivity contribution in [3.63, 3.8) is 0 Å². The molecule has 0 N–H and O–H groups in total. The summed E-state index contributed by atoms with van der Waals surface area (Å²) in [6.45, 7) is 2.94. The number of cyclic esters (lactones) is 1. The van der Waals surface area contributed by atoms with Gasteiger partial charge in [-0.1, -0.05) is 0 Å². The topological polar surface area (TPSA) is 52.6 Å². The molecule has 7 heteroatoms. The average Bonchev–Trinajstić information content (AvgIpc) is 2.11. The average molecular weight is 228 g/mol. The van der Waals surface area contributed by atoms with Gasteiger partial charge in [-0.3, -0.25) is 0 Å². The van der Waals surface area contributed by atoms with Crippen molar-refractivity contribution < 1.29 is 27.2 Å². The van der Waals surface area contributed by atoms with Gasteiger partial charge < -0.3 is 0 Å². The standard InChI is InChI=1S/C7H11F2O4P/c1-3-7(4-2)12-5(10)6(11)13-14(7,8)9/h14H,3-4H2,1-2H3. The first-order valence-corrected chi connectivity index (χ1v) is 5.89. The van der Waals surface area contributed by atoms with Crippen LogP contribution in [0.5, 0.6) is 0 Å². The quantitative estimate of drug-likeness (QED) is 0.412. The number of ether oxygens (including phenoxy) is 1. The maximum absolute atomic E-state index is 13.4. The van der Waals surface area contributed by atoms with Crippen molar-refractivity contribution in [3.8, 4) is 0 Å². The van der Waals surface area contributed by atoms with Crippen molar-refractivity contribution in [2.45, 2.75) is 32.0 Å². The summed E-state index contributed by atoms with van der Waals surface area (Å²) in [5.41, 5.74) is 0. The van der Waals surface area contributed by atoms with E-state index in [0.29, 0.717) is 0 Å². The van der Waals surface area contributed by atoms with Gasteiger partial charge in [0.1, 0.15) is 0 Å². The summed E-state index contributed by atoms with van der Waals surface area (Å²) in [6.07, 6.45) is -0.108. The van der Waals surface area contributed by atoms with E-state index < -0.39 is 25.4 Å². The Morgan fingerprint density at radius 1 is 1.21 bits per heavy atom. The summed E-state index contributed by atoms with van der Waals surface area (Å²) in [7, 11) is -5.27. The Kier molecular flexibility index (Phi) is 2.76. The molecule has 1 aliphatic heterocycles. The van der Waals surface area contributed by atoms with Crippen LogP contribution >= 0.6 is 8.11 Å². The van der Waals surface area contributed by atoms with Gasteiger partial charge in [0.25, 0.3) is 0 Å². The number of hydrogen-bond donors (Lipinski definition) is 0. The van der Waals surface area contributed by atoms with E-state index in [1.54, 1.807) is 0 Å². The molecule has 1 heterocycles. The van der Waals surface area contributed by atoms with Gasteiger partial charge in [0.2, 0.25) is 0 Å². The molecule has 1 aliphatic rings. The second kappa shape index (κ2) is 3.42. The van der Waals surface area contributed by atoms with Gasteiger partial charge in [-0.25, -0.2) is 0 Å². The van der Waals surface area contributed by atoms with Crippen LogP contribution in [0.15, 0.2) is 0 Å². The third kappa shape index (κ3) is 1.47. The van der Waals surface area contributed by atoms with Gasteiger partial charge >= 0.3 is 79.3 Å². The molecule has 0 radical (unpaired) electrons. The molecule has 14 heavy (non-hydrogen) atoms. The van der Waals surface area contributed by atoms with Gasteiger partial charge in [0.15, 0.2) is 0 Å². The monoisotopic (exact) mass is 228 g/mol. The molecular formula is C7H11F2O4P. The Morgan fingerprint density at radius 3 is 2.14 bits per heavy atom. The molecule has 0 bridgehead atoms. The molecule has 0 atom stereocenters. The number of esters is 1. The Morgan fingerprint density at radius 2 is 1.71 bits per heavy atom. The van der Waals surface area contributed by atoms with E-state index >= 15 is 0 Å². The van der Waals surface area contributed by atoms with Crippen LogP contribution in [-0.4, -0.2) is 17.3 Å². The number of halogens is 2. The third-order valence-electron chi connectivity index (χ3n) is 2.35. The molecular weight excluding hydrogens is 217 g/mol. The minimum absolute atomic E-state index is 0.0538. The number of rotatable bonds is 2. The summed E-state index contributed by atoms with van der Waals surface area (Å²) in [5.74, 6) is -2.91. The van der Waals surface area contributed by atoms with Crippen LogP contribution in [0.1, 0.15) is 26.7 Å². The van der Waals surface area contributed by atoms with Gasteiger partial charge in [-0.2, -0.15) is 0 Å². The predicted molar refractivity (Wildman–Crippen MR) is 46.0 cm³/mol. The van der Waals surface area contributed by atoms with Crippen molar-refractivity contribution >= 4 is 20.0 Å².